The van der Waals surface area contributed by atoms with Gasteiger partial charge in [0, 0.05) is 31.2 Å². The smallest absolute Gasteiger partial charge is 0.165 e. The van der Waals surface area contributed by atoms with E-state index in [2.05, 4.69) is 15.0 Å². The summed E-state index contributed by atoms with van der Waals surface area (Å²) in [5, 5.41) is 0.925. The molecule has 7 heteroatoms. The van der Waals surface area contributed by atoms with Crippen LogP contribution < -0.4 is 10.6 Å². The molecule has 140 valence electrons. The number of anilines is 1. The lowest BCUT2D eigenvalue weighted by molar-refractivity contribution is -0.00564. The number of halogens is 1. The summed E-state index contributed by atoms with van der Waals surface area (Å²) < 4.78 is 20.2. The minimum absolute atomic E-state index is 0.0274. The van der Waals surface area contributed by atoms with Crippen LogP contribution in [0.4, 0.5) is 10.2 Å². The first kappa shape index (κ1) is 17.8. The summed E-state index contributed by atoms with van der Waals surface area (Å²) in [6, 6.07) is 8.79. The largest absolute Gasteiger partial charge is 0.372 e. The molecule has 1 aliphatic heterocycles. The van der Waals surface area contributed by atoms with Crippen LogP contribution in [0.2, 0.25) is 0 Å². The third-order valence-corrected chi connectivity index (χ3v) is 4.65. The lowest BCUT2D eigenvalue weighted by Gasteiger charge is -2.36. The highest BCUT2D eigenvalue weighted by atomic mass is 19.1. The third kappa shape index (κ3) is 3.61. The van der Waals surface area contributed by atoms with Crippen molar-refractivity contribution in [2.75, 3.05) is 18.0 Å². The van der Waals surface area contributed by atoms with E-state index in [1.165, 1.54) is 6.07 Å². The van der Waals surface area contributed by atoms with E-state index in [1.54, 1.807) is 12.3 Å². The summed E-state index contributed by atoms with van der Waals surface area (Å²) in [7, 11) is 0. The van der Waals surface area contributed by atoms with E-state index in [-0.39, 0.29) is 18.0 Å². The molecule has 4 heterocycles. The highest BCUT2D eigenvalue weighted by molar-refractivity contribution is 5.80. The molecule has 3 aromatic heterocycles. The Kier molecular flexibility index (Phi) is 4.72. The molecule has 27 heavy (non-hydrogen) atoms. The number of pyridine rings is 3. The number of ether oxygens (including phenoxy) is 1. The number of morpholine rings is 1. The van der Waals surface area contributed by atoms with Gasteiger partial charge in [0.05, 0.1) is 34.8 Å². The van der Waals surface area contributed by atoms with Crippen molar-refractivity contribution in [3.8, 4) is 11.4 Å². The molecule has 0 bridgehead atoms. The Morgan fingerprint density at radius 3 is 2.56 bits per heavy atom. The number of rotatable bonds is 3. The predicted octanol–water partition coefficient (Wildman–Crippen LogP) is 2.90. The van der Waals surface area contributed by atoms with E-state index in [9.17, 15) is 4.39 Å². The molecule has 0 aliphatic carbocycles. The molecule has 3 aromatic rings. The van der Waals surface area contributed by atoms with Gasteiger partial charge in [-0.1, -0.05) is 0 Å². The van der Waals surface area contributed by atoms with Crippen molar-refractivity contribution in [2.45, 2.75) is 32.6 Å². The van der Waals surface area contributed by atoms with Gasteiger partial charge in [0.25, 0.3) is 0 Å². The first-order valence-corrected chi connectivity index (χ1v) is 9.06. The van der Waals surface area contributed by atoms with Crippen molar-refractivity contribution in [3.05, 3.63) is 48.0 Å². The summed E-state index contributed by atoms with van der Waals surface area (Å²) >= 11 is 0. The van der Waals surface area contributed by atoms with E-state index >= 15 is 0 Å². The van der Waals surface area contributed by atoms with E-state index in [0.29, 0.717) is 36.8 Å². The monoisotopic (exact) mass is 367 g/mol. The first-order valence-electron chi connectivity index (χ1n) is 9.06. The van der Waals surface area contributed by atoms with Crippen LogP contribution in [-0.4, -0.2) is 40.2 Å². The van der Waals surface area contributed by atoms with Gasteiger partial charge in [-0.15, -0.1) is 0 Å². The summed E-state index contributed by atoms with van der Waals surface area (Å²) in [6.45, 7) is 5.54. The summed E-state index contributed by atoms with van der Waals surface area (Å²) in [4.78, 5) is 15.5. The average molecular weight is 367 g/mol. The molecule has 0 radical (unpaired) electrons. The van der Waals surface area contributed by atoms with Crippen LogP contribution in [0.25, 0.3) is 22.3 Å². The van der Waals surface area contributed by atoms with Gasteiger partial charge in [-0.2, -0.15) is 0 Å². The molecule has 2 atom stereocenters. The highest BCUT2D eigenvalue weighted by Gasteiger charge is 2.25. The maximum atomic E-state index is 14.5. The van der Waals surface area contributed by atoms with Crippen LogP contribution >= 0.6 is 0 Å². The Morgan fingerprint density at radius 2 is 1.81 bits per heavy atom. The zero-order chi connectivity index (χ0) is 19.0. The maximum Gasteiger partial charge on any atom is 0.165 e. The SMILES string of the molecule is C[C@@H]1CN(c2nc(-c3ccc4cnc(CN)cc4n3)ccc2F)C[C@H](C)O1. The third-order valence-electron chi connectivity index (χ3n) is 4.65. The van der Waals surface area contributed by atoms with Gasteiger partial charge in [0.15, 0.2) is 11.6 Å². The van der Waals surface area contributed by atoms with Crippen molar-refractivity contribution < 1.29 is 9.13 Å². The molecule has 1 saturated heterocycles. The number of fused-ring (bicyclic) bond motifs is 1. The lowest BCUT2D eigenvalue weighted by atomic mass is 10.1. The highest BCUT2D eigenvalue weighted by Crippen LogP contribution is 2.26. The number of nitrogens with zero attached hydrogens (tertiary/aromatic N) is 4. The standard InChI is InChI=1S/C20H22FN5O/c1-12-10-26(11-13(2)27-12)20-16(21)4-6-18(25-20)17-5-3-14-9-23-15(8-22)7-19(14)24-17/h3-7,9,12-13H,8,10-11,22H2,1-2H3/t12-,13+. The Bertz CT molecular complexity index is 970. The Balaban J connectivity index is 1.73. The zero-order valence-corrected chi connectivity index (χ0v) is 15.4. The number of nitrogens with two attached hydrogens (primary N) is 1. The molecule has 1 aliphatic rings. The van der Waals surface area contributed by atoms with Crippen LogP contribution in [0.1, 0.15) is 19.5 Å². The first-order chi connectivity index (χ1) is 13.0. The lowest BCUT2D eigenvalue weighted by Crippen LogP contribution is -2.46. The van der Waals surface area contributed by atoms with Crippen LogP contribution in [0.3, 0.4) is 0 Å². The molecule has 0 amide bonds. The average Bonchev–Trinajstić information content (AvgIpc) is 2.66. The van der Waals surface area contributed by atoms with Gasteiger partial charge >= 0.3 is 0 Å². The van der Waals surface area contributed by atoms with Crippen LogP contribution in [0, 0.1) is 5.82 Å². The van der Waals surface area contributed by atoms with Crippen molar-refractivity contribution in [2.24, 2.45) is 5.73 Å². The molecule has 6 nitrogen and oxygen atoms in total. The van der Waals surface area contributed by atoms with Gasteiger partial charge in [-0.25, -0.2) is 14.4 Å². The maximum absolute atomic E-state index is 14.5. The molecule has 4 rings (SSSR count). The molecule has 0 aromatic carbocycles. The zero-order valence-electron chi connectivity index (χ0n) is 15.4. The van der Waals surface area contributed by atoms with E-state index in [4.69, 9.17) is 10.5 Å². The predicted molar refractivity (Wildman–Crippen MR) is 103 cm³/mol. The molecule has 2 N–H and O–H groups in total. The van der Waals surface area contributed by atoms with Gasteiger partial charge in [-0.05, 0) is 44.2 Å². The number of hydrogen-bond acceptors (Lipinski definition) is 6. The van der Waals surface area contributed by atoms with Crippen molar-refractivity contribution in [1.29, 1.82) is 0 Å². The topological polar surface area (TPSA) is 77.2 Å². The fourth-order valence-corrected chi connectivity index (χ4v) is 3.46. The quantitative estimate of drug-likeness (QED) is 0.767. The van der Waals surface area contributed by atoms with Gasteiger partial charge in [0.2, 0.25) is 0 Å². The second-order valence-electron chi connectivity index (χ2n) is 6.93. The molecular weight excluding hydrogens is 345 g/mol. The minimum Gasteiger partial charge on any atom is -0.372 e. The van der Waals surface area contributed by atoms with Crippen LogP contribution in [0.15, 0.2) is 36.5 Å². The van der Waals surface area contributed by atoms with Crippen molar-refractivity contribution in [3.63, 3.8) is 0 Å². The Labute approximate surface area is 157 Å². The normalized spacial score (nSPS) is 20.2. The fraction of sp³-hybridized carbons (Fsp3) is 0.350. The second-order valence-corrected chi connectivity index (χ2v) is 6.93. The van der Waals surface area contributed by atoms with E-state index < -0.39 is 0 Å². The minimum atomic E-state index is -0.338. The van der Waals surface area contributed by atoms with Gasteiger partial charge in [-0.3, -0.25) is 4.98 Å². The van der Waals surface area contributed by atoms with Gasteiger partial charge < -0.3 is 15.4 Å². The second kappa shape index (κ2) is 7.17. The summed E-state index contributed by atoms with van der Waals surface area (Å²) in [5.41, 5.74) is 8.56. The Hall–Kier alpha value is -2.64. The van der Waals surface area contributed by atoms with Crippen LogP contribution in [0.5, 0.6) is 0 Å². The molecule has 0 unspecified atom stereocenters. The summed E-state index contributed by atoms with van der Waals surface area (Å²) in [5.74, 6) is 0.00392. The van der Waals surface area contributed by atoms with Crippen molar-refractivity contribution >= 4 is 16.7 Å². The molecular formula is C20H22FN5O. The van der Waals surface area contributed by atoms with Gasteiger partial charge in [0.1, 0.15) is 0 Å². The van der Waals surface area contributed by atoms with E-state index in [0.717, 1.165) is 16.6 Å². The van der Waals surface area contributed by atoms with Crippen molar-refractivity contribution in [1.82, 2.24) is 15.0 Å². The molecule has 0 spiro atoms. The molecule has 0 saturated carbocycles. The fourth-order valence-electron chi connectivity index (χ4n) is 3.46. The Morgan fingerprint density at radius 1 is 1.11 bits per heavy atom. The van der Waals surface area contributed by atoms with Crippen LogP contribution in [-0.2, 0) is 11.3 Å². The summed E-state index contributed by atoms with van der Waals surface area (Å²) in [6.07, 6.45) is 1.81. The number of aromatic nitrogens is 3. The molecule has 1 fully saturated rings. The number of hydrogen-bond donors (Lipinski definition) is 1. The van der Waals surface area contributed by atoms with E-state index in [1.807, 2.05) is 36.9 Å².